The van der Waals surface area contributed by atoms with Gasteiger partial charge in [-0.15, -0.1) is 5.10 Å². The largest absolute Gasteiger partial charge is 0.457 e. The van der Waals surface area contributed by atoms with Crippen molar-refractivity contribution in [2.75, 3.05) is 5.75 Å². The van der Waals surface area contributed by atoms with E-state index in [4.69, 9.17) is 21.0 Å². The summed E-state index contributed by atoms with van der Waals surface area (Å²) in [5.41, 5.74) is 1.34. The number of furan rings is 1. The smallest absolute Gasteiger partial charge is 0.276 e. The van der Waals surface area contributed by atoms with Crippen LogP contribution in [-0.2, 0) is 4.79 Å². The minimum absolute atomic E-state index is 0.199. The third-order valence-electron chi connectivity index (χ3n) is 4.79. The first-order valence-corrected chi connectivity index (χ1v) is 10.9. The van der Waals surface area contributed by atoms with Gasteiger partial charge in [-0.1, -0.05) is 60.6 Å². The molecule has 0 fully saturated rings. The Balaban J connectivity index is 1.64. The van der Waals surface area contributed by atoms with Gasteiger partial charge in [0, 0.05) is 15.8 Å². The lowest BCUT2D eigenvalue weighted by atomic mass is 10.1. The van der Waals surface area contributed by atoms with Crippen LogP contribution in [0.1, 0.15) is 18.8 Å². The molecule has 0 radical (unpaired) electrons. The van der Waals surface area contributed by atoms with E-state index in [1.54, 1.807) is 5.01 Å². The van der Waals surface area contributed by atoms with Gasteiger partial charge in [-0.3, -0.25) is 10.1 Å². The molecular formula is C22H17ClN4O2S. The molecule has 0 aliphatic carbocycles. The van der Waals surface area contributed by atoms with Crippen LogP contribution in [0.2, 0.25) is 5.02 Å². The second kappa shape index (κ2) is 7.66. The lowest BCUT2D eigenvalue weighted by molar-refractivity contribution is -0.116. The molecule has 2 aliphatic rings. The summed E-state index contributed by atoms with van der Waals surface area (Å²) >= 11 is 7.59. The van der Waals surface area contributed by atoms with E-state index in [0.29, 0.717) is 27.4 Å². The number of thioether (sulfide) groups is 1. The average molecular weight is 437 g/mol. The summed E-state index contributed by atoms with van der Waals surface area (Å²) in [6.45, 7) is 2.01. The van der Waals surface area contributed by atoms with Crippen molar-refractivity contribution in [3.63, 3.8) is 0 Å². The van der Waals surface area contributed by atoms with E-state index in [1.807, 2.05) is 67.6 Å². The molecule has 1 amide bonds. The standard InChI is InChI=1S/C22H17ClN4O2S/c1-2-30-22-25-21(28)19-15-8-3-4-9-16(15)24-20(27(19)26-22)18-11-10-17(29-18)13-6-5-7-14(23)12-13/h3-12,20H,2H2,1H3,(H,25,26,28). The number of benzene rings is 2. The maximum Gasteiger partial charge on any atom is 0.276 e. The first kappa shape index (κ1) is 19.0. The van der Waals surface area contributed by atoms with Gasteiger partial charge in [-0.25, -0.2) is 10.0 Å². The topological polar surface area (TPSA) is 70.2 Å². The Labute approximate surface area is 181 Å². The number of fused-ring (bicyclic) bond motifs is 2. The van der Waals surface area contributed by atoms with E-state index in [-0.39, 0.29) is 5.91 Å². The molecule has 2 aliphatic heterocycles. The Kier molecular flexibility index (Phi) is 4.84. The van der Waals surface area contributed by atoms with Crippen molar-refractivity contribution in [3.05, 3.63) is 82.0 Å². The second-order valence-electron chi connectivity index (χ2n) is 6.72. The van der Waals surface area contributed by atoms with Crippen LogP contribution in [0.25, 0.3) is 17.0 Å². The van der Waals surface area contributed by atoms with Crippen LogP contribution in [-0.4, -0.2) is 21.8 Å². The predicted octanol–water partition coefficient (Wildman–Crippen LogP) is 3.50. The highest BCUT2D eigenvalue weighted by Crippen LogP contribution is 2.34. The Morgan fingerprint density at radius 3 is 2.87 bits per heavy atom. The SMILES string of the molecule is CCSC1=NN2C(=c3ccccc3=NC2c2ccc(-c3cccc(Cl)c3)o2)C(=O)N1. The Morgan fingerprint density at radius 2 is 2.03 bits per heavy atom. The molecule has 3 heterocycles. The van der Waals surface area contributed by atoms with Gasteiger partial charge < -0.3 is 4.42 Å². The van der Waals surface area contributed by atoms with Gasteiger partial charge in [0.05, 0.1) is 5.36 Å². The molecule has 1 unspecified atom stereocenters. The molecule has 0 bridgehead atoms. The highest BCUT2D eigenvalue weighted by Gasteiger charge is 2.35. The highest BCUT2D eigenvalue weighted by molar-refractivity contribution is 8.13. The number of para-hydroxylation sites is 1. The number of nitrogens with one attached hydrogen (secondary N) is 1. The number of halogens is 1. The minimum Gasteiger partial charge on any atom is -0.457 e. The summed E-state index contributed by atoms with van der Waals surface area (Å²) in [5.74, 6) is 1.86. The number of carbonyl (C=O) groups excluding carboxylic acids is 1. The van der Waals surface area contributed by atoms with Crippen molar-refractivity contribution in [2.24, 2.45) is 10.1 Å². The number of amidine groups is 1. The van der Waals surface area contributed by atoms with Gasteiger partial charge >= 0.3 is 0 Å². The molecule has 0 saturated heterocycles. The summed E-state index contributed by atoms with van der Waals surface area (Å²) in [6, 6.07) is 18.8. The number of amides is 1. The van der Waals surface area contributed by atoms with Crippen molar-refractivity contribution in [1.82, 2.24) is 10.3 Å². The van der Waals surface area contributed by atoms with Crippen molar-refractivity contribution in [1.29, 1.82) is 0 Å². The average Bonchev–Trinajstić information content (AvgIpc) is 3.23. The van der Waals surface area contributed by atoms with Crippen LogP contribution in [0.15, 0.2) is 75.2 Å². The first-order chi connectivity index (χ1) is 14.6. The van der Waals surface area contributed by atoms with E-state index >= 15 is 0 Å². The van der Waals surface area contributed by atoms with E-state index < -0.39 is 6.17 Å². The number of hydrazone groups is 1. The molecule has 3 aromatic rings. The second-order valence-corrected chi connectivity index (χ2v) is 8.41. The molecule has 5 rings (SSSR count). The number of rotatable bonds is 3. The van der Waals surface area contributed by atoms with Gasteiger partial charge in [0.2, 0.25) is 6.17 Å². The number of nitrogens with zero attached hydrogens (tertiary/aromatic N) is 3. The third-order valence-corrected chi connectivity index (χ3v) is 5.77. The van der Waals surface area contributed by atoms with Crippen LogP contribution in [0.5, 0.6) is 0 Å². The van der Waals surface area contributed by atoms with E-state index in [9.17, 15) is 4.79 Å². The highest BCUT2D eigenvalue weighted by atomic mass is 35.5. The summed E-state index contributed by atoms with van der Waals surface area (Å²) in [6.07, 6.45) is -0.582. The quantitative estimate of drug-likeness (QED) is 0.682. The van der Waals surface area contributed by atoms with Crippen LogP contribution in [0, 0.1) is 0 Å². The minimum atomic E-state index is -0.582. The summed E-state index contributed by atoms with van der Waals surface area (Å²) in [5, 5.41) is 11.9. The fraction of sp³-hybridized carbons (Fsp3) is 0.136. The molecular weight excluding hydrogens is 420 g/mol. The molecule has 1 aromatic heterocycles. The van der Waals surface area contributed by atoms with Crippen LogP contribution in [0.3, 0.4) is 0 Å². The number of carbonyl (C=O) groups is 1. The number of hydrogen-bond donors (Lipinski definition) is 1. The van der Waals surface area contributed by atoms with Crippen LogP contribution < -0.4 is 15.9 Å². The van der Waals surface area contributed by atoms with Gasteiger partial charge in [0.1, 0.15) is 11.5 Å². The zero-order valence-corrected chi connectivity index (χ0v) is 17.6. The van der Waals surface area contributed by atoms with Crippen LogP contribution >= 0.6 is 23.4 Å². The maximum absolute atomic E-state index is 12.9. The molecule has 0 saturated carbocycles. The number of hydrogen-bond acceptors (Lipinski definition) is 6. The van der Waals surface area contributed by atoms with Crippen molar-refractivity contribution in [2.45, 2.75) is 13.1 Å². The predicted molar refractivity (Wildman–Crippen MR) is 118 cm³/mol. The van der Waals surface area contributed by atoms with E-state index in [1.165, 1.54) is 11.8 Å². The van der Waals surface area contributed by atoms with Crippen LogP contribution in [0.4, 0.5) is 0 Å². The zero-order chi connectivity index (χ0) is 20.7. The first-order valence-electron chi connectivity index (χ1n) is 9.49. The van der Waals surface area contributed by atoms with Crippen molar-refractivity contribution in [3.8, 4) is 11.3 Å². The van der Waals surface area contributed by atoms with Gasteiger partial charge in [0.15, 0.2) is 10.9 Å². The fourth-order valence-corrected chi connectivity index (χ4v) is 4.28. The molecule has 1 N–H and O–H groups in total. The van der Waals surface area contributed by atoms with Crippen molar-refractivity contribution < 1.29 is 9.21 Å². The molecule has 6 nitrogen and oxygen atoms in total. The molecule has 150 valence electrons. The molecule has 8 heteroatoms. The van der Waals surface area contributed by atoms with E-state index in [2.05, 4.69) is 10.4 Å². The monoisotopic (exact) mass is 436 g/mol. The lowest BCUT2D eigenvalue weighted by Gasteiger charge is -2.32. The van der Waals surface area contributed by atoms with Gasteiger partial charge in [-0.2, -0.15) is 0 Å². The summed E-state index contributed by atoms with van der Waals surface area (Å²) in [4.78, 5) is 17.8. The Bertz CT molecular complexity index is 1300. The fourth-order valence-electron chi connectivity index (χ4n) is 3.50. The maximum atomic E-state index is 12.9. The zero-order valence-electron chi connectivity index (χ0n) is 16.0. The van der Waals surface area contributed by atoms with Crippen molar-refractivity contribution >= 4 is 40.1 Å². The normalized spacial score (nSPS) is 17.6. The molecule has 30 heavy (non-hydrogen) atoms. The summed E-state index contributed by atoms with van der Waals surface area (Å²) in [7, 11) is 0. The summed E-state index contributed by atoms with van der Waals surface area (Å²) < 4.78 is 6.14. The Morgan fingerprint density at radius 1 is 1.17 bits per heavy atom. The lowest BCUT2D eigenvalue weighted by Crippen LogP contribution is -2.50. The molecule has 1 atom stereocenters. The molecule has 0 spiro atoms. The van der Waals surface area contributed by atoms with Gasteiger partial charge in [0.25, 0.3) is 5.91 Å². The Hall–Kier alpha value is -3.03. The van der Waals surface area contributed by atoms with Gasteiger partial charge in [-0.05, 0) is 36.1 Å². The van der Waals surface area contributed by atoms with E-state index in [0.717, 1.165) is 21.9 Å². The molecule has 2 aromatic carbocycles. The third kappa shape index (κ3) is 3.30.